The van der Waals surface area contributed by atoms with E-state index >= 15 is 0 Å². The zero-order valence-corrected chi connectivity index (χ0v) is 10.8. The highest BCUT2D eigenvalue weighted by Gasteiger charge is 2.15. The summed E-state index contributed by atoms with van der Waals surface area (Å²) < 4.78 is 13.6. The summed E-state index contributed by atoms with van der Waals surface area (Å²) in [6.07, 6.45) is 0.583. The molecule has 0 aliphatic heterocycles. The van der Waals surface area contributed by atoms with Crippen LogP contribution < -0.4 is 0 Å². The molecule has 0 amide bonds. The lowest BCUT2D eigenvalue weighted by Crippen LogP contribution is -2.06. The van der Waals surface area contributed by atoms with Gasteiger partial charge in [0.25, 0.3) is 0 Å². The largest absolute Gasteiger partial charge is 0.386 e. The topological polar surface area (TPSA) is 33.1 Å². The number of nitrogens with zero attached hydrogens (tertiary/aromatic N) is 1. The van der Waals surface area contributed by atoms with E-state index in [2.05, 4.69) is 4.98 Å². The molecule has 0 bridgehead atoms. The molecule has 1 atom stereocenters. The van der Waals surface area contributed by atoms with Crippen LogP contribution in [-0.4, -0.2) is 10.1 Å². The molecule has 2 aromatic rings. The van der Waals surface area contributed by atoms with Crippen molar-refractivity contribution in [2.45, 2.75) is 12.5 Å². The van der Waals surface area contributed by atoms with Crippen molar-refractivity contribution in [1.29, 1.82) is 0 Å². The normalized spacial score (nSPS) is 12.4. The number of hydrogen-bond donors (Lipinski definition) is 1. The Morgan fingerprint density at radius 3 is 2.61 bits per heavy atom. The number of hydrogen-bond acceptors (Lipinski definition) is 2. The molecule has 0 radical (unpaired) electrons. The number of aliphatic hydroxyl groups excluding tert-OH is 1. The fraction of sp³-hybridized carbons (Fsp3) is 0.154. The molecule has 1 aromatic carbocycles. The number of benzene rings is 1. The third-order valence-electron chi connectivity index (χ3n) is 2.55. The predicted octanol–water partition coefficient (Wildman–Crippen LogP) is 3.80. The fourth-order valence-corrected chi connectivity index (χ4v) is 1.96. The van der Waals surface area contributed by atoms with Gasteiger partial charge in [0.15, 0.2) is 0 Å². The molecule has 0 saturated heterocycles. The van der Waals surface area contributed by atoms with Crippen molar-refractivity contribution in [2.75, 3.05) is 0 Å². The number of halogens is 3. The second kappa shape index (κ2) is 5.65. The van der Waals surface area contributed by atoms with E-state index in [9.17, 15) is 9.50 Å². The summed E-state index contributed by atoms with van der Waals surface area (Å²) in [5.41, 5.74) is 0.710. The lowest BCUT2D eigenvalue weighted by molar-refractivity contribution is 0.172. The molecule has 0 aliphatic carbocycles. The van der Waals surface area contributed by atoms with Gasteiger partial charge in [-0.2, -0.15) is 0 Å². The maximum Gasteiger partial charge on any atom is 0.127 e. The molecule has 1 heterocycles. The van der Waals surface area contributed by atoms with Crippen LogP contribution in [0.2, 0.25) is 10.0 Å². The van der Waals surface area contributed by atoms with Crippen LogP contribution in [-0.2, 0) is 6.42 Å². The number of aromatic nitrogens is 1. The quantitative estimate of drug-likeness (QED) is 0.930. The Kier molecular flexibility index (Phi) is 4.17. The smallest absolute Gasteiger partial charge is 0.127 e. The maximum absolute atomic E-state index is 13.6. The van der Waals surface area contributed by atoms with Crippen molar-refractivity contribution in [2.24, 2.45) is 0 Å². The minimum Gasteiger partial charge on any atom is -0.386 e. The van der Waals surface area contributed by atoms with Crippen LogP contribution in [0, 0.1) is 5.82 Å². The van der Waals surface area contributed by atoms with Crippen LogP contribution in [0.15, 0.2) is 36.5 Å². The summed E-state index contributed by atoms with van der Waals surface area (Å²) in [7, 11) is 0. The van der Waals surface area contributed by atoms with E-state index in [1.807, 2.05) is 0 Å². The average Bonchev–Trinajstić information content (AvgIpc) is 2.34. The molecule has 0 spiro atoms. The van der Waals surface area contributed by atoms with Gasteiger partial charge in [0.05, 0.1) is 10.7 Å². The first-order valence-electron chi connectivity index (χ1n) is 5.30. The fourth-order valence-electron chi connectivity index (χ4n) is 1.61. The van der Waals surface area contributed by atoms with Crippen molar-refractivity contribution >= 4 is 23.2 Å². The van der Waals surface area contributed by atoms with Crippen molar-refractivity contribution in [3.8, 4) is 0 Å². The number of pyridine rings is 1. The van der Waals surface area contributed by atoms with E-state index < -0.39 is 11.9 Å². The van der Waals surface area contributed by atoms with Crippen LogP contribution in [0.25, 0.3) is 0 Å². The Morgan fingerprint density at radius 1 is 1.22 bits per heavy atom. The molecule has 0 aliphatic rings. The van der Waals surface area contributed by atoms with Crippen LogP contribution in [0.5, 0.6) is 0 Å². The molecule has 2 rings (SSSR count). The first-order valence-corrected chi connectivity index (χ1v) is 6.06. The van der Waals surface area contributed by atoms with Crippen LogP contribution >= 0.6 is 23.2 Å². The van der Waals surface area contributed by atoms with Gasteiger partial charge in [-0.1, -0.05) is 29.3 Å². The van der Waals surface area contributed by atoms with Gasteiger partial charge in [-0.25, -0.2) is 4.39 Å². The van der Waals surface area contributed by atoms with Crippen molar-refractivity contribution < 1.29 is 9.50 Å². The SMILES string of the molecule is OC(Cc1c(F)cccc1Cl)c1ccc(Cl)cn1. The molecule has 2 nitrogen and oxygen atoms in total. The molecular formula is C13H10Cl2FNO. The first-order chi connectivity index (χ1) is 8.58. The Labute approximate surface area is 114 Å². The van der Waals surface area contributed by atoms with E-state index in [0.29, 0.717) is 15.7 Å². The zero-order valence-electron chi connectivity index (χ0n) is 9.28. The molecule has 0 saturated carbocycles. The first kappa shape index (κ1) is 13.3. The molecule has 0 fully saturated rings. The summed E-state index contributed by atoms with van der Waals surface area (Å²) in [4.78, 5) is 3.99. The number of aliphatic hydroxyl groups is 1. The number of rotatable bonds is 3. The Morgan fingerprint density at radius 2 is 2.00 bits per heavy atom. The van der Waals surface area contributed by atoms with E-state index in [-0.39, 0.29) is 12.0 Å². The van der Waals surface area contributed by atoms with Gasteiger partial charge in [-0.15, -0.1) is 0 Å². The Balaban J connectivity index is 2.21. The second-order valence-electron chi connectivity index (χ2n) is 3.82. The second-order valence-corrected chi connectivity index (χ2v) is 4.67. The summed E-state index contributed by atoms with van der Waals surface area (Å²) in [5.74, 6) is -0.435. The van der Waals surface area contributed by atoms with E-state index in [1.165, 1.54) is 18.3 Å². The monoisotopic (exact) mass is 285 g/mol. The van der Waals surface area contributed by atoms with Gasteiger partial charge in [0.1, 0.15) is 11.9 Å². The summed E-state index contributed by atoms with van der Waals surface area (Å²) in [6.45, 7) is 0. The standard InChI is InChI=1S/C13H10Cl2FNO/c14-8-4-5-12(17-7-8)13(18)6-9-10(15)2-1-3-11(9)16/h1-5,7,13,18H,6H2. The minimum absolute atomic E-state index is 0.0696. The maximum atomic E-state index is 13.6. The average molecular weight is 286 g/mol. The lowest BCUT2D eigenvalue weighted by Gasteiger charge is -2.12. The van der Waals surface area contributed by atoms with Gasteiger partial charge in [-0.3, -0.25) is 4.98 Å². The van der Waals surface area contributed by atoms with Gasteiger partial charge in [0, 0.05) is 23.2 Å². The summed E-state index contributed by atoms with van der Waals surface area (Å²) in [5, 5.41) is 10.8. The molecule has 18 heavy (non-hydrogen) atoms. The zero-order chi connectivity index (χ0) is 13.1. The molecule has 1 N–H and O–H groups in total. The van der Waals surface area contributed by atoms with Gasteiger partial charge < -0.3 is 5.11 Å². The van der Waals surface area contributed by atoms with Gasteiger partial charge in [0.2, 0.25) is 0 Å². The molecule has 5 heteroatoms. The van der Waals surface area contributed by atoms with Crippen LogP contribution in [0.1, 0.15) is 17.4 Å². The summed E-state index contributed by atoms with van der Waals surface area (Å²) in [6, 6.07) is 7.64. The van der Waals surface area contributed by atoms with E-state index in [4.69, 9.17) is 23.2 Å². The van der Waals surface area contributed by atoms with Gasteiger partial charge >= 0.3 is 0 Å². The third kappa shape index (κ3) is 2.99. The van der Waals surface area contributed by atoms with Crippen LogP contribution in [0.4, 0.5) is 4.39 Å². The van der Waals surface area contributed by atoms with Crippen molar-refractivity contribution in [1.82, 2.24) is 4.98 Å². The predicted molar refractivity (Wildman–Crippen MR) is 69.3 cm³/mol. The Hall–Kier alpha value is -1.16. The summed E-state index contributed by atoms with van der Waals surface area (Å²) >= 11 is 11.6. The highest BCUT2D eigenvalue weighted by atomic mass is 35.5. The highest BCUT2D eigenvalue weighted by Crippen LogP contribution is 2.25. The lowest BCUT2D eigenvalue weighted by atomic mass is 10.0. The molecule has 1 unspecified atom stereocenters. The highest BCUT2D eigenvalue weighted by molar-refractivity contribution is 6.31. The molecular weight excluding hydrogens is 276 g/mol. The minimum atomic E-state index is -0.920. The third-order valence-corrected chi connectivity index (χ3v) is 3.13. The van der Waals surface area contributed by atoms with Crippen molar-refractivity contribution in [3.63, 3.8) is 0 Å². The Bertz CT molecular complexity index is 525. The van der Waals surface area contributed by atoms with Crippen LogP contribution in [0.3, 0.4) is 0 Å². The molecule has 1 aromatic heterocycles. The van der Waals surface area contributed by atoms with E-state index in [1.54, 1.807) is 18.2 Å². The van der Waals surface area contributed by atoms with Crippen molar-refractivity contribution in [3.05, 3.63) is 63.6 Å². The van der Waals surface area contributed by atoms with E-state index in [0.717, 1.165) is 0 Å². The molecule has 94 valence electrons. The van der Waals surface area contributed by atoms with Gasteiger partial charge in [-0.05, 0) is 24.3 Å².